The molecule has 0 saturated carbocycles. The number of hydrogen-bond donors (Lipinski definition) is 2. The summed E-state index contributed by atoms with van der Waals surface area (Å²) in [6, 6.07) is 6.82. The number of rotatable bonds is 2. The van der Waals surface area contributed by atoms with Crippen molar-refractivity contribution >= 4 is 29.3 Å². The van der Waals surface area contributed by atoms with Gasteiger partial charge in [-0.15, -0.1) is 0 Å². The van der Waals surface area contributed by atoms with E-state index in [9.17, 15) is 14.4 Å². The van der Waals surface area contributed by atoms with Crippen LogP contribution < -0.4 is 15.5 Å². The number of amides is 3. The van der Waals surface area contributed by atoms with Gasteiger partial charge in [-0.2, -0.15) is 0 Å². The normalized spacial score (nSPS) is 18.8. The Labute approximate surface area is 197 Å². The first-order valence-electron chi connectivity index (χ1n) is 12.0. The highest BCUT2D eigenvalue weighted by atomic mass is 16.6. The highest BCUT2D eigenvalue weighted by Gasteiger charge is 2.29. The number of nitrogens with one attached hydrogen (secondary N) is 2. The average molecular weight is 459 g/mol. The van der Waals surface area contributed by atoms with Crippen LogP contribution in [0.5, 0.6) is 0 Å². The van der Waals surface area contributed by atoms with E-state index in [2.05, 4.69) is 33.7 Å². The molecule has 0 bridgehead atoms. The van der Waals surface area contributed by atoms with Gasteiger partial charge < -0.3 is 19.9 Å². The lowest BCUT2D eigenvalue weighted by molar-refractivity contribution is -0.132. The highest BCUT2D eigenvalue weighted by molar-refractivity contribution is 5.97. The van der Waals surface area contributed by atoms with Crippen molar-refractivity contribution in [1.82, 2.24) is 10.2 Å². The summed E-state index contributed by atoms with van der Waals surface area (Å²) in [6.07, 6.45) is 5.81. The molecule has 33 heavy (non-hydrogen) atoms. The molecule has 2 saturated heterocycles. The molecule has 8 nitrogen and oxygen atoms in total. The molecule has 1 aromatic carbocycles. The van der Waals surface area contributed by atoms with E-state index >= 15 is 0 Å². The van der Waals surface area contributed by atoms with Crippen LogP contribution >= 0.6 is 0 Å². The standard InChI is InChI=1S/C20H31N3O2.C5H7NO2/c1-20(2,3)25-19(24)22(4)15-10-13-23(14-11-15)18-9-5-8-17-16(18)7-6-12-21-17;7-4-2-1-3-5(8)6-4/h5,8-9,15,21H,6-7,10-14H2,1-4H3;1-3H2,(H,6,7,8). The molecule has 4 rings (SSSR count). The van der Waals surface area contributed by atoms with Crippen LogP contribution in [0.4, 0.5) is 16.2 Å². The number of carbonyl (C=O) groups excluding carboxylic acids is 3. The Hall–Kier alpha value is -2.77. The Balaban J connectivity index is 0.000000323. The fourth-order valence-corrected chi connectivity index (χ4v) is 4.45. The maximum absolute atomic E-state index is 12.3. The first-order valence-corrected chi connectivity index (χ1v) is 12.0. The molecule has 182 valence electrons. The second-order valence-electron chi connectivity index (χ2n) is 9.97. The molecule has 0 unspecified atom stereocenters. The predicted octanol–water partition coefficient (Wildman–Crippen LogP) is 3.69. The van der Waals surface area contributed by atoms with Gasteiger partial charge in [0.15, 0.2) is 0 Å². The molecule has 3 aliphatic heterocycles. The van der Waals surface area contributed by atoms with Crippen molar-refractivity contribution in [2.24, 2.45) is 0 Å². The van der Waals surface area contributed by atoms with E-state index in [0.717, 1.165) is 38.9 Å². The van der Waals surface area contributed by atoms with Gasteiger partial charge >= 0.3 is 6.09 Å². The molecule has 0 aromatic heterocycles. The SMILES string of the molecule is CN(C(=O)OC(C)(C)C)C1CCN(c2cccc3c2CCCN3)CC1.O=C1CCCC(=O)N1. The average Bonchev–Trinajstić information content (AvgIpc) is 2.77. The van der Waals surface area contributed by atoms with Gasteiger partial charge in [-0.1, -0.05) is 6.07 Å². The summed E-state index contributed by atoms with van der Waals surface area (Å²) in [5.74, 6) is -0.275. The van der Waals surface area contributed by atoms with Crippen molar-refractivity contribution in [1.29, 1.82) is 0 Å². The van der Waals surface area contributed by atoms with Gasteiger partial charge in [0, 0.05) is 56.9 Å². The third kappa shape index (κ3) is 7.11. The summed E-state index contributed by atoms with van der Waals surface area (Å²) in [5.41, 5.74) is 3.66. The number of carbonyl (C=O) groups is 3. The lowest BCUT2D eigenvalue weighted by Crippen LogP contribution is -2.47. The number of anilines is 2. The molecule has 3 amide bonds. The minimum atomic E-state index is -0.442. The van der Waals surface area contributed by atoms with E-state index in [1.807, 2.05) is 27.8 Å². The van der Waals surface area contributed by atoms with Gasteiger partial charge in [0.2, 0.25) is 11.8 Å². The van der Waals surface area contributed by atoms with Crippen LogP contribution in [0.1, 0.15) is 64.9 Å². The molecule has 1 aromatic rings. The molecule has 0 radical (unpaired) electrons. The number of fused-ring (bicyclic) bond motifs is 1. The summed E-state index contributed by atoms with van der Waals surface area (Å²) < 4.78 is 5.50. The zero-order valence-electron chi connectivity index (χ0n) is 20.4. The monoisotopic (exact) mass is 458 g/mol. The molecule has 2 N–H and O–H groups in total. The molecule has 2 fully saturated rings. The summed E-state index contributed by atoms with van der Waals surface area (Å²) in [5, 5.41) is 5.71. The lowest BCUT2D eigenvalue weighted by atomic mass is 9.98. The molecule has 0 spiro atoms. The Morgan fingerprint density at radius 1 is 1.06 bits per heavy atom. The first kappa shape index (κ1) is 24.9. The zero-order chi connectivity index (χ0) is 24.0. The van der Waals surface area contributed by atoms with Crippen LogP contribution in [0.3, 0.4) is 0 Å². The van der Waals surface area contributed by atoms with E-state index in [1.165, 1.54) is 23.4 Å². The third-order valence-corrected chi connectivity index (χ3v) is 6.19. The van der Waals surface area contributed by atoms with Crippen LogP contribution in [0, 0.1) is 0 Å². The summed E-state index contributed by atoms with van der Waals surface area (Å²) in [7, 11) is 1.86. The van der Waals surface area contributed by atoms with E-state index in [1.54, 1.807) is 4.90 Å². The molecule has 3 aliphatic rings. The van der Waals surface area contributed by atoms with E-state index in [0.29, 0.717) is 19.3 Å². The minimum Gasteiger partial charge on any atom is -0.444 e. The van der Waals surface area contributed by atoms with Crippen LogP contribution in [-0.2, 0) is 20.7 Å². The van der Waals surface area contributed by atoms with Crippen LogP contribution in [-0.4, -0.2) is 61.1 Å². The van der Waals surface area contributed by atoms with Gasteiger partial charge in [0.25, 0.3) is 0 Å². The summed E-state index contributed by atoms with van der Waals surface area (Å²) >= 11 is 0. The number of piperidine rings is 2. The van der Waals surface area contributed by atoms with Crippen molar-refractivity contribution in [3.8, 4) is 0 Å². The lowest BCUT2D eigenvalue weighted by Gasteiger charge is -2.39. The molecular weight excluding hydrogens is 420 g/mol. The molecule has 0 aliphatic carbocycles. The molecule has 0 atom stereocenters. The largest absolute Gasteiger partial charge is 0.444 e. The van der Waals surface area contributed by atoms with Gasteiger partial charge in [-0.3, -0.25) is 14.9 Å². The number of benzene rings is 1. The van der Waals surface area contributed by atoms with Crippen molar-refractivity contribution < 1.29 is 19.1 Å². The second kappa shape index (κ2) is 10.9. The predicted molar refractivity (Wildman–Crippen MR) is 129 cm³/mol. The van der Waals surface area contributed by atoms with Crippen molar-refractivity contribution in [2.45, 2.75) is 77.4 Å². The highest BCUT2D eigenvalue weighted by Crippen LogP contribution is 2.33. The fraction of sp³-hybridized carbons (Fsp3) is 0.640. The van der Waals surface area contributed by atoms with Crippen LogP contribution in [0.25, 0.3) is 0 Å². The van der Waals surface area contributed by atoms with Gasteiger partial charge in [0.05, 0.1) is 0 Å². The van der Waals surface area contributed by atoms with Crippen molar-refractivity contribution in [3.63, 3.8) is 0 Å². The Bertz CT molecular complexity index is 842. The smallest absolute Gasteiger partial charge is 0.410 e. The Morgan fingerprint density at radius 2 is 1.73 bits per heavy atom. The van der Waals surface area contributed by atoms with E-state index in [-0.39, 0.29) is 23.9 Å². The third-order valence-electron chi connectivity index (χ3n) is 6.19. The van der Waals surface area contributed by atoms with Gasteiger partial charge in [0.1, 0.15) is 5.60 Å². The Morgan fingerprint density at radius 3 is 2.30 bits per heavy atom. The van der Waals surface area contributed by atoms with Crippen molar-refractivity contribution in [2.75, 3.05) is 36.9 Å². The molecule has 8 heteroatoms. The summed E-state index contributed by atoms with van der Waals surface area (Å²) in [4.78, 5) is 37.2. The quantitative estimate of drug-likeness (QED) is 0.657. The van der Waals surface area contributed by atoms with E-state index < -0.39 is 5.60 Å². The van der Waals surface area contributed by atoms with E-state index in [4.69, 9.17) is 4.74 Å². The number of imide groups is 1. The number of ether oxygens (including phenoxy) is 1. The van der Waals surface area contributed by atoms with Gasteiger partial charge in [-0.05, 0) is 70.6 Å². The first-order chi connectivity index (χ1) is 15.6. The summed E-state index contributed by atoms with van der Waals surface area (Å²) in [6.45, 7) is 8.76. The molecular formula is C25H38N4O4. The fourth-order valence-electron chi connectivity index (χ4n) is 4.45. The maximum Gasteiger partial charge on any atom is 0.410 e. The Kier molecular flexibility index (Phi) is 8.21. The number of nitrogens with zero attached hydrogens (tertiary/aromatic N) is 2. The molecule has 3 heterocycles. The topological polar surface area (TPSA) is 91.0 Å². The minimum absolute atomic E-state index is 0.138. The van der Waals surface area contributed by atoms with Crippen LogP contribution in [0.2, 0.25) is 0 Å². The van der Waals surface area contributed by atoms with Crippen LogP contribution in [0.15, 0.2) is 18.2 Å². The second-order valence-corrected chi connectivity index (χ2v) is 9.97. The zero-order valence-corrected chi connectivity index (χ0v) is 20.4. The maximum atomic E-state index is 12.3. The van der Waals surface area contributed by atoms with Crippen molar-refractivity contribution in [3.05, 3.63) is 23.8 Å². The van der Waals surface area contributed by atoms with Gasteiger partial charge in [-0.25, -0.2) is 4.79 Å². The number of hydrogen-bond acceptors (Lipinski definition) is 6.